The van der Waals surface area contributed by atoms with E-state index in [2.05, 4.69) is 0 Å². The van der Waals surface area contributed by atoms with Crippen molar-refractivity contribution < 1.29 is 42.9 Å². The molecule has 1 saturated heterocycles. The zero-order valence-corrected chi connectivity index (χ0v) is 20.8. The van der Waals surface area contributed by atoms with Crippen LogP contribution in [-0.4, -0.2) is 60.3 Å². The molecule has 1 aromatic rings. The molecule has 10 nitrogen and oxygen atoms in total. The molecule has 2 rings (SSSR count). The molecule has 0 amide bonds. The lowest BCUT2D eigenvalue weighted by Gasteiger charge is -2.43. The van der Waals surface area contributed by atoms with E-state index in [0.717, 1.165) is 4.90 Å². The minimum Gasteiger partial charge on any atom is -0.463 e. The molecular weight excluding hydrogens is 498 g/mol. The number of anilines is 1. The number of nitrogens with two attached hydrogens (primary N) is 1. The molecule has 0 bridgehead atoms. The van der Waals surface area contributed by atoms with Gasteiger partial charge in [0, 0.05) is 38.3 Å². The van der Waals surface area contributed by atoms with Gasteiger partial charge in [0.15, 0.2) is 23.7 Å². The van der Waals surface area contributed by atoms with E-state index in [4.69, 9.17) is 29.4 Å². The number of esters is 4. The first-order valence-electron chi connectivity index (χ1n) is 9.56. The van der Waals surface area contributed by atoms with E-state index in [0.29, 0.717) is 5.69 Å². The Labute approximate surface area is 205 Å². The lowest BCUT2D eigenvalue weighted by Crippen LogP contribution is -2.61. The van der Waals surface area contributed by atoms with Crippen LogP contribution in [0.1, 0.15) is 27.7 Å². The number of hydrogen-bond acceptors (Lipinski definition) is 12. The summed E-state index contributed by atoms with van der Waals surface area (Å²) in [6.45, 7) is 4.51. The lowest BCUT2D eigenvalue weighted by atomic mass is 9.99. The predicted molar refractivity (Wildman–Crippen MR) is 124 cm³/mol. The zero-order valence-electron chi connectivity index (χ0n) is 18.4. The summed E-state index contributed by atoms with van der Waals surface area (Å²) in [4.78, 5) is 47.5. The predicted octanol–water partition coefficient (Wildman–Crippen LogP) is 2.51. The Morgan fingerprint density at radius 3 is 1.88 bits per heavy atom. The number of halogens is 1. The van der Waals surface area contributed by atoms with Gasteiger partial charge in [-0.05, 0) is 24.3 Å². The van der Waals surface area contributed by atoms with Gasteiger partial charge in [-0.1, -0.05) is 21.6 Å². The third-order valence-electron chi connectivity index (χ3n) is 4.07. The number of rotatable bonds is 8. The number of benzene rings is 1. The summed E-state index contributed by atoms with van der Waals surface area (Å²) in [7, 11) is 2.52. The number of nitrogen functional groups attached to an aromatic ring is 1. The maximum Gasteiger partial charge on any atom is 0.303 e. The Morgan fingerprint density at radius 2 is 1.36 bits per heavy atom. The van der Waals surface area contributed by atoms with E-state index >= 15 is 0 Å². The Morgan fingerprint density at radius 1 is 0.848 bits per heavy atom. The molecule has 1 aromatic carbocycles. The normalized spacial score (nSPS) is 24.1. The number of ether oxygens (including phenoxy) is 5. The highest BCUT2D eigenvalue weighted by atomic mass is 35.5. The van der Waals surface area contributed by atoms with Crippen LogP contribution < -0.4 is 5.73 Å². The molecule has 5 atom stereocenters. The second-order valence-electron chi connectivity index (χ2n) is 6.82. The lowest BCUT2D eigenvalue weighted by molar-refractivity contribution is -0.237. The fourth-order valence-electron chi connectivity index (χ4n) is 2.89. The van der Waals surface area contributed by atoms with Crippen molar-refractivity contribution in [1.82, 2.24) is 0 Å². The van der Waals surface area contributed by atoms with E-state index < -0.39 is 53.7 Å². The SMILES string of the molecule is CC(=O)OC[C@H]1O[C@@H](SSc2ccc(N)cc2)[C@H](OC(C)=O)[C@@H](OC(C)=O)[C@@H]1OC(C)=O.Cl. The van der Waals surface area contributed by atoms with Gasteiger partial charge in [0.1, 0.15) is 12.7 Å². The summed E-state index contributed by atoms with van der Waals surface area (Å²) < 4.78 is 27.2. The monoisotopic (exact) mass is 523 g/mol. The number of hydrogen-bond donors (Lipinski definition) is 1. The first-order valence-corrected chi connectivity index (χ1v) is 11.8. The molecule has 0 spiro atoms. The molecule has 0 radical (unpaired) electrons. The summed E-state index contributed by atoms with van der Waals surface area (Å²) in [5, 5.41) is 0. The van der Waals surface area contributed by atoms with Crippen LogP contribution in [0, 0.1) is 0 Å². The van der Waals surface area contributed by atoms with Crippen molar-refractivity contribution in [2.45, 2.75) is 62.4 Å². The van der Waals surface area contributed by atoms with Crippen molar-refractivity contribution in [1.29, 1.82) is 0 Å². The Kier molecular flexibility index (Phi) is 11.8. The molecule has 0 aliphatic carbocycles. The second kappa shape index (κ2) is 13.5. The summed E-state index contributed by atoms with van der Waals surface area (Å²) in [5.74, 6) is -2.56. The van der Waals surface area contributed by atoms with Gasteiger partial charge in [0.25, 0.3) is 0 Å². The Hall–Kier alpha value is -2.15. The minimum atomic E-state index is -1.18. The van der Waals surface area contributed by atoms with Crippen molar-refractivity contribution in [3.05, 3.63) is 24.3 Å². The Balaban J connectivity index is 0.00000544. The summed E-state index contributed by atoms with van der Waals surface area (Å²) >= 11 is 0. The first kappa shape index (κ1) is 28.9. The van der Waals surface area contributed by atoms with Crippen LogP contribution in [0.4, 0.5) is 5.69 Å². The molecule has 1 aliphatic rings. The van der Waals surface area contributed by atoms with Crippen LogP contribution in [0.25, 0.3) is 0 Å². The molecule has 1 aliphatic heterocycles. The van der Waals surface area contributed by atoms with Crippen molar-refractivity contribution in [3.8, 4) is 0 Å². The van der Waals surface area contributed by atoms with E-state index in [1.807, 2.05) is 0 Å². The minimum absolute atomic E-state index is 0. The van der Waals surface area contributed by atoms with E-state index in [9.17, 15) is 19.2 Å². The third kappa shape index (κ3) is 9.32. The smallest absolute Gasteiger partial charge is 0.303 e. The van der Waals surface area contributed by atoms with Crippen LogP contribution in [0.3, 0.4) is 0 Å². The van der Waals surface area contributed by atoms with E-state index in [1.165, 1.54) is 49.3 Å². The van der Waals surface area contributed by atoms with Gasteiger partial charge in [0.2, 0.25) is 0 Å². The van der Waals surface area contributed by atoms with E-state index in [-0.39, 0.29) is 19.0 Å². The average molecular weight is 524 g/mol. The Bertz CT molecular complexity index is 839. The zero-order chi connectivity index (χ0) is 23.8. The van der Waals surface area contributed by atoms with Crippen LogP contribution >= 0.6 is 34.0 Å². The van der Waals surface area contributed by atoms with Gasteiger partial charge in [-0.15, -0.1) is 12.4 Å². The van der Waals surface area contributed by atoms with Gasteiger partial charge in [-0.2, -0.15) is 0 Å². The second-order valence-corrected chi connectivity index (χ2v) is 9.19. The molecule has 184 valence electrons. The summed E-state index contributed by atoms with van der Waals surface area (Å²) in [6, 6.07) is 7.07. The van der Waals surface area contributed by atoms with Crippen molar-refractivity contribution in [2.75, 3.05) is 12.3 Å². The van der Waals surface area contributed by atoms with Crippen LogP contribution in [0.5, 0.6) is 0 Å². The molecule has 0 saturated carbocycles. The van der Waals surface area contributed by atoms with Crippen molar-refractivity contribution in [3.63, 3.8) is 0 Å². The maximum atomic E-state index is 11.8. The van der Waals surface area contributed by atoms with Gasteiger partial charge < -0.3 is 29.4 Å². The largest absolute Gasteiger partial charge is 0.463 e. The van der Waals surface area contributed by atoms with Gasteiger partial charge in [-0.3, -0.25) is 19.2 Å². The third-order valence-corrected chi connectivity index (χ3v) is 6.63. The highest BCUT2D eigenvalue weighted by Crippen LogP contribution is 2.42. The topological polar surface area (TPSA) is 140 Å². The molecule has 2 N–H and O–H groups in total. The average Bonchev–Trinajstić information content (AvgIpc) is 2.69. The van der Waals surface area contributed by atoms with Crippen LogP contribution in [-0.2, 0) is 42.9 Å². The first-order chi connectivity index (χ1) is 15.1. The fraction of sp³-hybridized carbons (Fsp3) is 0.500. The van der Waals surface area contributed by atoms with Crippen LogP contribution in [0.15, 0.2) is 29.2 Å². The van der Waals surface area contributed by atoms with Crippen LogP contribution in [0.2, 0.25) is 0 Å². The molecule has 33 heavy (non-hydrogen) atoms. The summed E-state index contributed by atoms with van der Waals surface area (Å²) in [5.41, 5.74) is 5.46. The van der Waals surface area contributed by atoms with Gasteiger partial charge >= 0.3 is 23.9 Å². The summed E-state index contributed by atoms with van der Waals surface area (Å²) in [6.07, 6.45) is -4.42. The van der Waals surface area contributed by atoms with Gasteiger partial charge in [-0.25, -0.2) is 0 Å². The quantitative estimate of drug-likeness (QED) is 0.231. The van der Waals surface area contributed by atoms with Gasteiger partial charge in [0.05, 0.1) is 0 Å². The molecule has 1 heterocycles. The number of carbonyl (C=O) groups excluding carboxylic acids is 4. The molecule has 0 aromatic heterocycles. The molecule has 13 heteroatoms. The molecule has 0 unspecified atom stereocenters. The van der Waals surface area contributed by atoms with Crippen molar-refractivity contribution in [2.24, 2.45) is 0 Å². The standard InChI is InChI=1S/C20H25NO9S2.ClH/c1-10(22)26-9-16-17(27-11(2)23)18(28-12(3)24)19(29-13(4)25)20(30-16)32-31-15-7-5-14(21)6-8-15;/h5-8,16-20H,9,21H2,1-4H3;1H/t16-,17-,18+,19-,20+;/m1./s1. The number of carbonyl (C=O) groups is 4. The highest BCUT2D eigenvalue weighted by molar-refractivity contribution is 8.76. The fourth-order valence-corrected chi connectivity index (χ4v) is 5.27. The van der Waals surface area contributed by atoms with E-state index in [1.54, 1.807) is 24.3 Å². The molecular formula is C20H26ClNO9S2. The highest BCUT2D eigenvalue weighted by Gasteiger charge is 2.52. The maximum absolute atomic E-state index is 11.8. The van der Waals surface area contributed by atoms with Crippen molar-refractivity contribution >= 4 is 63.6 Å². The molecule has 1 fully saturated rings.